The van der Waals surface area contributed by atoms with E-state index in [0.717, 1.165) is 17.0 Å². The molecule has 0 bridgehead atoms. The lowest BCUT2D eigenvalue weighted by Gasteiger charge is -2.08. The molecule has 0 atom stereocenters. The Balaban J connectivity index is 2.09. The van der Waals surface area contributed by atoms with Crippen LogP contribution in [0, 0.1) is 5.82 Å². The molecule has 2 N–H and O–H groups in total. The third-order valence-corrected chi connectivity index (χ3v) is 5.12. The predicted octanol–water partition coefficient (Wildman–Crippen LogP) is 1.90. The topological polar surface area (TPSA) is 66.4 Å². The highest BCUT2D eigenvalue weighted by atomic mass is 32.2. The molecule has 108 valence electrons. The summed E-state index contributed by atoms with van der Waals surface area (Å²) in [5.41, 5.74) is 0.352. The summed E-state index contributed by atoms with van der Waals surface area (Å²) in [6, 6.07) is 7.33. The summed E-state index contributed by atoms with van der Waals surface area (Å²) in [5, 5.41) is 10.9. The Morgan fingerprint density at radius 3 is 2.75 bits per heavy atom. The van der Waals surface area contributed by atoms with Crippen LogP contribution in [-0.2, 0) is 23.1 Å². The van der Waals surface area contributed by atoms with Crippen LogP contribution < -0.4 is 4.72 Å². The van der Waals surface area contributed by atoms with Crippen LogP contribution in [0.4, 0.5) is 4.39 Å². The lowest BCUT2D eigenvalue weighted by Crippen LogP contribution is -2.26. The maximum Gasteiger partial charge on any atom is 0.243 e. The van der Waals surface area contributed by atoms with Crippen molar-refractivity contribution < 1.29 is 17.9 Å². The number of halogens is 1. The Morgan fingerprint density at radius 1 is 1.30 bits per heavy atom. The first-order valence-corrected chi connectivity index (χ1v) is 8.30. The number of nitrogens with one attached hydrogen (secondary N) is 1. The smallest absolute Gasteiger partial charge is 0.243 e. The van der Waals surface area contributed by atoms with Crippen molar-refractivity contribution in [1.29, 1.82) is 0 Å². The molecule has 2 rings (SSSR count). The molecular weight excluding hydrogens is 301 g/mol. The van der Waals surface area contributed by atoms with Gasteiger partial charge in [0.05, 0.1) is 6.61 Å². The first-order chi connectivity index (χ1) is 9.53. The Kier molecular flexibility index (Phi) is 4.87. The van der Waals surface area contributed by atoms with Crippen LogP contribution in [0.5, 0.6) is 0 Å². The molecule has 0 radical (unpaired) electrons. The molecule has 0 aliphatic carbocycles. The van der Waals surface area contributed by atoms with E-state index in [-0.39, 0.29) is 13.2 Å². The summed E-state index contributed by atoms with van der Waals surface area (Å²) in [5.74, 6) is -0.828. The molecule has 0 aliphatic rings. The molecule has 0 fully saturated rings. The van der Waals surface area contributed by atoms with Crippen LogP contribution in [-0.4, -0.2) is 20.1 Å². The number of aliphatic hydroxyl groups is 1. The minimum atomic E-state index is -3.91. The third-order valence-electron chi connectivity index (χ3n) is 2.71. The molecule has 0 amide bonds. The van der Waals surface area contributed by atoms with Gasteiger partial charge in [0.25, 0.3) is 0 Å². The third kappa shape index (κ3) is 3.63. The molecule has 0 aliphatic heterocycles. The van der Waals surface area contributed by atoms with Gasteiger partial charge in [-0.05, 0) is 35.6 Å². The van der Waals surface area contributed by atoms with Crippen LogP contribution in [0.15, 0.2) is 40.6 Å². The van der Waals surface area contributed by atoms with E-state index in [1.807, 2.05) is 17.5 Å². The highest BCUT2D eigenvalue weighted by molar-refractivity contribution is 7.89. The highest BCUT2D eigenvalue weighted by Gasteiger charge is 2.19. The molecular formula is C13H14FNO3S2. The van der Waals surface area contributed by atoms with Gasteiger partial charge in [-0.1, -0.05) is 12.1 Å². The number of aliphatic hydroxyl groups excluding tert-OH is 1. The maximum atomic E-state index is 13.6. The molecule has 0 saturated carbocycles. The van der Waals surface area contributed by atoms with Crippen molar-refractivity contribution in [2.75, 3.05) is 6.54 Å². The summed E-state index contributed by atoms with van der Waals surface area (Å²) in [7, 11) is -3.91. The second-order valence-corrected chi connectivity index (χ2v) is 6.92. The number of rotatable bonds is 6. The Morgan fingerprint density at radius 2 is 2.10 bits per heavy atom. The molecule has 7 heteroatoms. The van der Waals surface area contributed by atoms with E-state index < -0.39 is 20.7 Å². The summed E-state index contributed by atoms with van der Waals surface area (Å²) >= 11 is 1.54. The summed E-state index contributed by atoms with van der Waals surface area (Å²) in [4.78, 5) is 0.618. The van der Waals surface area contributed by atoms with Gasteiger partial charge in [0.2, 0.25) is 10.0 Å². The average molecular weight is 315 g/mol. The van der Waals surface area contributed by atoms with Crippen LogP contribution in [0.2, 0.25) is 0 Å². The van der Waals surface area contributed by atoms with Crippen molar-refractivity contribution in [3.63, 3.8) is 0 Å². The molecule has 1 heterocycles. The zero-order valence-electron chi connectivity index (χ0n) is 10.5. The first kappa shape index (κ1) is 15.1. The van der Waals surface area contributed by atoms with E-state index in [2.05, 4.69) is 4.72 Å². The predicted molar refractivity (Wildman–Crippen MR) is 75.5 cm³/mol. The fraction of sp³-hybridized carbons (Fsp3) is 0.231. The molecule has 1 aromatic heterocycles. The first-order valence-electron chi connectivity index (χ1n) is 5.94. The van der Waals surface area contributed by atoms with Gasteiger partial charge in [-0.25, -0.2) is 17.5 Å². The Labute approximate surface area is 120 Å². The quantitative estimate of drug-likeness (QED) is 0.855. The standard InChI is InChI=1S/C13H14FNO3S2/c14-12-4-3-10(9-16)8-13(12)20(17,18)15-6-5-11-2-1-7-19-11/h1-4,7-8,15-16H,5-6,9H2. The molecule has 0 unspecified atom stereocenters. The van der Waals surface area contributed by atoms with Gasteiger partial charge in [0.1, 0.15) is 10.7 Å². The zero-order chi connectivity index (χ0) is 14.6. The number of hydrogen-bond donors (Lipinski definition) is 2. The second kappa shape index (κ2) is 6.45. The zero-order valence-corrected chi connectivity index (χ0v) is 12.2. The molecule has 0 saturated heterocycles. The van der Waals surface area contributed by atoms with Crippen LogP contribution in [0.3, 0.4) is 0 Å². The molecule has 2 aromatic rings. The van der Waals surface area contributed by atoms with Gasteiger partial charge < -0.3 is 5.11 Å². The van der Waals surface area contributed by atoms with Crippen molar-refractivity contribution >= 4 is 21.4 Å². The number of hydrogen-bond acceptors (Lipinski definition) is 4. The molecule has 4 nitrogen and oxygen atoms in total. The highest BCUT2D eigenvalue weighted by Crippen LogP contribution is 2.16. The van der Waals surface area contributed by atoms with Gasteiger partial charge in [0.15, 0.2) is 0 Å². The Hall–Kier alpha value is -1.28. The lowest BCUT2D eigenvalue weighted by atomic mass is 10.2. The van der Waals surface area contributed by atoms with Crippen molar-refractivity contribution in [1.82, 2.24) is 4.72 Å². The van der Waals surface area contributed by atoms with Crippen LogP contribution in [0.25, 0.3) is 0 Å². The number of sulfonamides is 1. The van der Waals surface area contributed by atoms with Crippen molar-refractivity contribution in [2.45, 2.75) is 17.9 Å². The SMILES string of the molecule is O=S(=O)(NCCc1cccs1)c1cc(CO)ccc1F. The van der Waals surface area contributed by atoms with Crippen molar-refractivity contribution in [2.24, 2.45) is 0 Å². The van der Waals surface area contributed by atoms with E-state index in [1.54, 1.807) is 0 Å². The van der Waals surface area contributed by atoms with Crippen molar-refractivity contribution in [3.8, 4) is 0 Å². The van der Waals surface area contributed by atoms with E-state index in [9.17, 15) is 12.8 Å². The summed E-state index contributed by atoms with van der Waals surface area (Å²) in [6.07, 6.45) is 0.554. The summed E-state index contributed by atoms with van der Waals surface area (Å²) in [6.45, 7) is -0.135. The van der Waals surface area contributed by atoms with E-state index >= 15 is 0 Å². The lowest BCUT2D eigenvalue weighted by molar-refractivity contribution is 0.281. The van der Waals surface area contributed by atoms with Gasteiger partial charge >= 0.3 is 0 Å². The van der Waals surface area contributed by atoms with Gasteiger partial charge in [-0.2, -0.15) is 0 Å². The van der Waals surface area contributed by atoms with Crippen LogP contribution >= 0.6 is 11.3 Å². The number of thiophene rings is 1. The summed E-state index contributed by atoms with van der Waals surface area (Å²) < 4.78 is 40.0. The molecule has 1 aromatic carbocycles. The monoisotopic (exact) mass is 315 g/mol. The molecule has 0 spiro atoms. The van der Waals surface area contributed by atoms with E-state index in [0.29, 0.717) is 12.0 Å². The van der Waals surface area contributed by atoms with Crippen LogP contribution in [0.1, 0.15) is 10.4 Å². The average Bonchev–Trinajstić information content (AvgIpc) is 2.92. The van der Waals surface area contributed by atoms with Gasteiger partial charge in [-0.15, -0.1) is 11.3 Å². The Bertz CT molecular complexity index is 669. The minimum Gasteiger partial charge on any atom is -0.392 e. The number of benzene rings is 1. The fourth-order valence-electron chi connectivity index (χ4n) is 1.69. The normalized spacial score (nSPS) is 11.7. The fourth-order valence-corrected chi connectivity index (χ4v) is 3.56. The van der Waals surface area contributed by atoms with Crippen molar-refractivity contribution in [3.05, 3.63) is 52.0 Å². The maximum absolute atomic E-state index is 13.6. The van der Waals surface area contributed by atoms with E-state index in [1.165, 1.54) is 17.4 Å². The van der Waals surface area contributed by atoms with Gasteiger partial charge in [0, 0.05) is 11.4 Å². The largest absolute Gasteiger partial charge is 0.392 e. The molecule has 20 heavy (non-hydrogen) atoms. The van der Waals surface area contributed by atoms with E-state index in [4.69, 9.17) is 5.11 Å². The second-order valence-electron chi connectivity index (χ2n) is 4.15. The minimum absolute atomic E-state index is 0.200. The van der Waals surface area contributed by atoms with Gasteiger partial charge in [-0.3, -0.25) is 0 Å².